The third-order valence-electron chi connectivity index (χ3n) is 5.79. The molecule has 5 rings (SSSR count). The summed E-state index contributed by atoms with van der Waals surface area (Å²) in [7, 11) is 1.95. The molecule has 0 radical (unpaired) electrons. The van der Waals surface area contributed by atoms with Gasteiger partial charge in [-0.1, -0.05) is 30.3 Å². The van der Waals surface area contributed by atoms with E-state index in [9.17, 15) is 4.79 Å². The lowest BCUT2D eigenvalue weighted by molar-refractivity contribution is 0.0721. The fraction of sp³-hybridized carbons (Fsp3) is 0.318. The Hall–Kier alpha value is -3.75. The van der Waals surface area contributed by atoms with E-state index in [0.29, 0.717) is 37.7 Å². The number of hydrogen-bond donors (Lipinski definition) is 0. The number of benzene rings is 1. The number of carbonyl (C=O) groups excluding carboxylic acids is 1. The quantitative estimate of drug-likeness (QED) is 0.498. The average Bonchev–Trinajstić information content (AvgIpc) is 3.52. The van der Waals surface area contributed by atoms with Gasteiger partial charge in [-0.05, 0) is 18.6 Å². The van der Waals surface area contributed by atoms with Crippen molar-refractivity contribution in [1.82, 2.24) is 39.2 Å². The molecule has 1 aliphatic heterocycles. The Morgan fingerprint density at radius 3 is 2.81 bits per heavy atom. The summed E-state index contributed by atoms with van der Waals surface area (Å²) in [5, 5.41) is 17.5. The first-order valence-corrected chi connectivity index (χ1v) is 10.4. The molecule has 158 valence electrons. The Labute approximate surface area is 179 Å². The number of nitrogens with zero attached hydrogens (tertiary/aromatic N) is 8. The summed E-state index contributed by atoms with van der Waals surface area (Å²) in [6.07, 6.45) is 4.15. The molecule has 0 bridgehead atoms. The van der Waals surface area contributed by atoms with Crippen LogP contribution in [-0.2, 0) is 33.1 Å². The van der Waals surface area contributed by atoms with E-state index >= 15 is 0 Å². The SMILES string of the molecule is CCn1nccc1C(=O)N1CCc2c(c(-c3nncn3Cc3ccccc3)nn2C)C1. The van der Waals surface area contributed by atoms with Crippen LogP contribution in [0.4, 0.5) is 0 Å². The minimum absolute atomic E-state index is 0.00874. The number of rotatable bonds is 5. The molecular formula is C22H24N8O. The maximum Gasteiger partial charge on any atom is 0.272 e. The molecule has 4 aromatic rings. The number of hydrogen-bond acceptors (Lipinski definition) is 5. The predicted molar refractivity (Wildman–Crippen MR) is 114 cm³/mol. The molecule has 1 aliphatic rings. The van der Waals surface area contributed by atoms with Crippen molar-refractivity contribution in [1.29, 1.82) is 0 Å². The highest BCUT2D eigenvalue weighted by Gasteiger charge is 2.30. The van der Waals surface area contributed by atoms with Crippen molar-refractivity contribution in [2.24, 2.45) is 7.05 Å². The van der Waals surface area contributed by atoms with Crippen LogP contribution >= 0.6 is 0 Å². The van der Waals surface area contributed by atoms with Gasteiger partial charge in [0.1, 0.15) is 17.7 Å². The fourth-order valence-corrected chi connectivity index (χ4v) is 4.21. The normalized spacial score (nSPS) is 13.4. The number of aromatic nitrogens is 7. The monoisotopic (exact) mass is 416 g/mol. The molecule has 0 saturated carbocycles. The van der Waals surface area contributed by atoms with Gasteiger partial charge in [-0.2, -0.15) is 10.2 Å². The van der Waals surface area contributed by atoms with Crippen LogP contribution in [0.15, 0.2) is 48.9 Å². The van der Waals surface area contributed by atoms with Crippen molar-refractivity contribution in [2.75, 3.05) is 6.54 Å². The third-order valence-corrected chi connectivity index (χ3v) is 5.79. The zero-order chi connectivity index (χ0) is 21.4. The standard InChI is InChI=1S/C22H24N8O/c1-3-30-19(9-11-24-30)22(31)28-12-10-18-17(14-28)20(26-27(18)2)21-25-23-15-29(21)13-16-7-5-4-6-8-16/h4-9,11,15H,3,10,12-14H2,1-2H3. The summed E-state index contributed by atoms with van der Waals surface area (Å²) in [6, 6.07) is 12.0. The summed E-state index contributed by atoms with van der Waals surface area (Å²) < 4.78 is 5.65. The number of amides is 1. The summed E-state index contributed by atoms with van der Waals surface area (Å²) in [5.41, 5.74) is 4.73. The lowest BCUT2D eigenvalue weighted by atomic mass is 10.0. The van der Waals surface area contributed by atoms with Crippen molar-refractivity contribution in [3.8, 4) is 11.5 Å². The molecule has 0 atom stereocenters. The molecule has 9 heteroatoms. The molecule has 0 N–H and O–H groups in total. The van der Waals surface area contributed by atoms with Gasteiger partial charge in [-0.15, -0.1) is 10.2 Å². The Balaban J connectivity index is 1.47. The van der Waals surface area contributed by atoms with Crippen molar-refractivity contribution < 1.29 is 4.79 Å². The minimum atomic E-state index is -0.00874. The van der Waals surface area contributed by atoms with Crippen LogP contribution in [0.3, 0.4) is 0 Å². The third kappa shape index (κ3) is 3.41. The van der Waals surface area contributed by atoms with Gasteiger partial charge in [0.25, 0.3) is 5.91 Å². The van der Waals surface area contributed by atoms with E-state index in [1.54, 1.807) is 23.3 Å². The van der Waals surface area contributed by atoms with Gasteiger partial charge in [0.05, 0.1) is 13.1 Å². The van der Waals surface area contributed by atoms with E-state index in [2.05, 4.69) is 27.4 Å². The highest BCUT2D eigenvalue weighted by Crippen LogP contribution is 2.29. The second-order valence-corrected chi connectivity index (χ2v) is 7.67. The minimum Gasteiger partial charge on any atom is -0.332 e. The van der Waals surface area contributed by atoms with Crippen LogP contribution in [-0.4, -0.2) is 51.7 Å². The summed E-state index contributed by atoms with van der Waals surface area (Å²) >= 11 is 0. The smallest absolute Gasteiger partial charge is 0.272 e. The maximum absolute atomic E-state index is 13.2. The van der Waals surface area contributed by atoms with Gasteiger partial charge in [0.15, 0.2) is 5.82 Å². The Kier molecular flexibility index (Phi) is 4.85. The average molecular weight is 416 g/mol. The second kappa shape index (κ2) is 7.82. The van der Waals surface area contributed by atoms with E-state index < -0.39 is 0 Å². The zero-order valence-corrected chi connectivity index (χ0v) is 17.6. The van der Waals surface area contributed by atoms with Gasteiger partial charge in [0.2, 0.25) is 0 Å². The molecule has 1 aromatic carbocycles. The van der Waals surface area contributed by atoms with Crippen LogP contribution in [0.2, 0.25) is 0 Å². The van der Waals surface area contributed by atoms with E-state index in [0.717, 1.165) is 28.9 Å². The predicted octanol–water partition coefficient (Wildman–Crippen LogP) is 2.14. The first-order chi connectivity index (χ1) is 15.2. The number of aryl methyl sites for hydroxylation is 2. The molecule has 31 heavy (non-hydrogen) atoms. The van der Waals surface area contributed by atoms with Gasteiger partial charge in [-0.3, -0.25) is 14.2 Å². The largest absolute Gasteiger partial charge is 0.332 e. The van der Waals surface area contributed by atoms with Gasteiger partial charge in [-0.25, -0.2) is 0 Å². The summed E-state index contributed by atoms with van der Waals surface area (Å²) in [5.74, 6) is 0.708. The van der Waals surface area contributed by atoms with E-state index in [-0.39, 0.29) is 5.91 Å². The summed E-state index contributed by atoms with van der Waals surface area (Å²) in [6.45, 7) is 4.44. The molecule has 9 nitrogen and oxygen atoms in total. The molecule has 1 amide bonds. The van der Waals surface area contributed by atoms with Crippen molar-refractivity contribution in [2.45, 2.75) is 33.0 Å². The zero-order valence-electron chi connectivity index (χ0n) is 17.6. The first-order valence-electron chi connectivity index (χ1n) is 10.4. The van der Waals surface area contributed by atoms with Crippen LogP contribution in [0.1, 0.15) is 34.2 Å². The van der Waals surface area contributed by atoms with E-state index in [4.69, 9.17) is 5.10 Å². The second-order valence-electron chi connectivity index (χ2n) is 7.67. The molecule has 0 unspecified atom stereocenters. The first kappa shape index (κ1) is 19.2. The van der Waals surface area contributed by atoms with Crippen molar-refractivity contribution >= 4 is 5.91 Å². The highest BCUT2D eigenvalue weighted by molar-refractivity contribution is 5.92. The van der Waals surface area contributed by atoms with Crippen LogP contribution in [0.5, 0.6) is 0 Å². The molecule has 3 aromatic heterocycles. The Morgan fingerprint density at radius 2 is 2.00 bits per heavy atom. The molecule has 0 spiro atoms. The van der Waals surface area contributed by atoms with E-state index in [1.165, 1.54) is 0 Å². The van der Waals surface area contributed by atoms with Crippen LogP contribution < -0.4 is 0 Å². The van der Waals surface area contributed by atoms with Crippen molar-refractivity contribution in [3.05, 3.63) is 71.4 Å². The van der Waals surface area contributed by atoms with Gasteiger partial charge in [0, 0.05) is 44.0 Å². The molecule has 4 heterocycles. The molecule has 0 saturated heterocycles. The molecular weight excluding hydrogens is 392 g/mol. The lowest BCUT2D eigenvalue weighted by Gasteiger charge is -2.27. The summed E-state index contributed by atoms with van der Waals surface area (Å²) in [4.78, 5) is 15.0. The van der Waals surface area contributed by atoms with Crippen LogP contribution in [0, 0.1) is 0 Å². The fourth-order valence-electron chi connectivity index (χ4n) is 4.21. The molecule has 0 fully saturated rings. The molecule has 0 aliphatic carbocycles. The van der Waals surface area contributed by atoms with E-state index in [1.807, 2.05) is 46.3 Å². The maximum atomic E-state index is 13.2. The lowest BCUT2D eigenvalue weighted by Crippen LogP contribution is -2.37. The topological polar surface area (TPSA) is 86.7 Å². The number of carbonyl (C=O) groups is 1. The number of fused-ring (bicyclic) bond motifs is 1. The van der Waals surface area contributed by atoms with Gasteiger partial charge >= 0.3 is 0 Å². The van der Waals surface area contributed by atoms with Gasteiger partial charge < -0.3 is 9.47 Å². The van der Waals surface area contributed by atoms with Crippen molar-refractivity contribution in [3.63, 3.8) is 0 Å². The highest BCUT2D eigenvalue weighted by atomic mass is 16.2. The Bertz CT molecular complexity index is 1220. The Morgan fingerprint density at radius 1 is 1.16 bits per heavy atom. The van der Waals surface area contributed by atoms with Crippen LogP contribution in [0.25, 0.3) is 11.5 Å².